The van der Waals surface area contributed by atoms with E-state index in [-0.39, 0.29) is 36.7 Å². The zero-order valence-corrected chi connectivity index (χ0v) is 22.3. The summed E-state index contributed by atoms with van der Waals surface area (Å²) in [6, 6.07) is 6.30. The number of likely N-dealkylation sites (tertiary alicyclic amines) is 1. The Morgan fingerprint density at radius 1 is 1.03 bits per heavy atom. The molecule has 2 saturated carbocycles. The molecule has 1 aromatic carbocycles. The maximum absolute atomic E-state index is 13.9. The molecule has 3 heterocycles. The molecule has 2 aliphatic carbocycles. The molecule has 11 nitrogen and oxygen atoms in total. The van der Waals surface area contributed by atoms with Gasteiger partial charge in [0.1, 0.15) is 18.7 Å². The van der Waals surface area contributed by atoms with Crippen molar-refractivity contribution in [3.8, 4) is 0 Å². The van der Waals surface area contributed by atoms with E-state index in [1.807, 2.05) is 24.3 Å². The maximum Gasteiger partial charge on any atom is 0.251 e. The van der Waals surface area contributed by atoms with Crippen molar-refractivity contribution in [1.82, 2.24) is 15.1 Å². The zero-order valence-electron chi connectivity index (χ0n) is 22.3. The van der Waals surface area contributed by atoms with Crippen LogP contribution in [-0.4, -0.2) is 97.0 Å². The number of rotatable bonds is 7. The topological polar surface area (TPSA) is 131 Å². The molecule has 3 saturated heterocycles. The van der Waals surface area contributed by atoms with Crippen molar-refractivity contribution >= 4 is 23.3 Å². The van der Waals surface area contributed by atoms with Crippen molar-refractivity contribution in [3.05, 3.63) is 40.3 Å². The Morgan fingerprint density at radius 2 is 1.74 bits per heavy atom. The average molecular weight is 536 g/mol. The first-order valence-corrected chi connectivity index (χ1v) is 14.4. The number of nitrogens with one attached hydrogen (secondary N) is 1. The van der Waals surface area contributed by atoms with E-state index in [1.54, 1.807) is 0 Å². The Hall–Kier alpha value is -3.14. The molecule has 5 aliphatic rings. The van der Waals surface area contributed by atoms with E-state index in [4.69, 9.17) is 10.3 Å². The van der Waals surface area contributed by atoms with E-state index in [0.717, 1.165) is 70.0 Å². The highest BCUT2D eigenvalue weighted by Gasteiger charge is 2.53. The van der Waals surface area contributed by atoms with Gasteiger partial charge in [-0.1, -0.05) is 24.4 Å². The standard InChI is InChI=1S/C28H37N7O4/c29-32-31-22-16-35(25-23(36)17-39-26(22)25)28(38)24(18-4-2-1-3-5-18)30-27(37)19-6-8-20(9-7-19)33-12-14-34(15-13-33)21-10-11-21/h6-9,18,21-22,24-26H,1-5,10-17H2,(H,30,37)/t22-,24+,25-,26-/m1/s1. The van der Waals surface area contributed by atoms with Crippen molar-refractivity contribution in [2.45, 2.75) is 75.2 Å². The summed E-state index contributed by atoms with van der Waals surface area (Å²) in [7, 11) is 0. The van der Waals surface area contributed by atoms with E-state index in [2.05, 4.69) is 25.1 Å². The summed E-state index contributed by atoms with van der Waals surface area (Å²) in [5, 5.41) is 6.83. The van der Waals surface area contributed by atoms with Crippen LogP contribution in [0.5, 0.6) is 0 Å². The Bertz CT molecular complexity index is 1140. The highest BCUT2D eigenvalue weighted by molar-refractivity contribution is 5.99. The molecule has 0 bridgehead atoms. The second kappa shape index (κ2) is 11.2. The number of azide groups is 1. The Kier molecular flexibility index (Phi) is 7.47. The van der Waals surface area contributed by atoms with Gasteiger partial charge in [-0.15, -0.1) is 0 Å². The normalized spacial score (nSPS) is 28.6. The van der Waals surface area contributed by atoms with E-state index in [9.17, 15) is 14.4 Å². The lowest BCUT2D eigenvalue weighted by molar-refractivity contribution is -0.139. The molecule has 1 aromatic rings. The third kappa shape index (κ3) is 5.35. The van der Waals surface area contributed by atoms with Crippen LogP contribution in [0.15, 0.2) is 29.4 Å². The van der Waals surface area contributed by atoms with E-state index >= 15 is 0 Å². The number of carbonyl (C=O) groups is 3. The number of fused-ring (bicyclic) bond motifs is 1. The van der Waals surface area contributed by atoms with Crippen LogP contribution in [0, 0.1) is 5.92 Å². The summed E-state index contributed by atoms with van der Waals surface area (Å²) in [6.45, 7) is 4.13. The van der Waals surface area contributed by atoms with Gasteiger partial charge in [0, 0.05) is 54.9 Å². The summed E-state index contributed by atoms with van der Waals surface area (Å²) in [6.07, 6.45) is 6.83. The van der Waals surface area contributed by atoms with Crippen LogP contribution in [0.2, 0.25) is 0 Å². The van der Waals surface area contributed by atoms with Crippen LogP contribution >= 0.6 is 0 Å². The van der Waals surface area contributed by atoms with Gasteiger partial charge in [0.05, 0.1) is 12.1 Å². The molecule has 11 heteroatoms. The van der Waals surface area contributed by atoms with Crippen LogP contribution in [0.1, 0.15) is 55.3 Å². The number of benzene rings is 1. The molecule has 6 rings (SSSR count). The molecule has 0 aromatic heterocycles. The first-order valence-electron chi connectivity index (χ1n) is 14.4. The van der Waals surface area contributed by atoms with Gasteiger partial charge in [0.2, 0.25) is 5.91 Å². The minimum absolute atomic E-state index is 0.00775. The smallest absolute Gasteiger partial charge is 0.251 e. The quantitative estimate of drug-likeness (QED) is 0.324. The van der Waals surface area contributed by atoms with Gasteiger partial charge >= 0.3 is 0 Å². The minimum atomic E-state index is -0.768. The Balaban J connectivity index is 1.16. The number of nitrogens with zero attached hydrogens (tertiary/aromatic N) is 6. The highest BCUT2D eigenvalue weighted by atomic mass is 16.5. The number of Topliss-reactive ketones (excluding diaryl/α,β-unsaturated/α-hetero) is 1. The molecule has 2 amide bonds. The second-order valence-corrected chi connectivity index (χ2v) is 11.6. The fraction of sp³-hybridized carbons (Fsp3) is 0.679. The predicted molar refractivity (Wildman–Crippen MR) is 144 cm³/mol. The molecule has 5 fully saturated rings. The first kappa shape index (κ1) is 26.1. The van der Waals surface area contributed by atoms with Crippen LogP contribution in [0.3, 0.4) is 0 Å². The van der Waals surface area contributed by atoms with Crippen molar-refractivity contribution in [2.75, 3.05) is 44.2 Å². The lowest BCUT2D eigenvalue weighted by Gasteiger charge is -2.36. The van der Waals surface area contributed by atoms with Gasteiger partial charge in [-0.05, 0) is 61.4 Å². The summed E-state index contributed by atoms with van der Waals surface area (Å²) in [5.41, 5.74) is 10.6. The van der Waals surface area contributed by atoms with Gasteiger partial charge in [0.15, 0.2) is 5.78 Å². The molecule has 0 radical (unpaired) electrons. The largest absolute Gasteiger partial charge is 0.369 e. The third-order valence-electron chi connectivity index (χ3n) is 9.19. The summed E-state index contributed by atoms with van der Waals surface area (Å²) in [5.74, 6) is -0.775. The van der Waals surface area contributed by atoms with Gasteiger partial charge in [0.25, 0.3) is 5.91 Å². The van der Waals surface area contributed by atoms with Gasteiger partial charge in [-0.25, -0.2) is 0 Å². The number of amides is 2. The molecular formula is C28H37N7O4. The fourth-order valence-electron chi connectivity index (χ4n) is 6.89. The number of hydrogen-bond donors (Lipinski definition) is 1. The van der Waals surface area contributed by atoms with E-state index in [1.165, 1.54) is 17.7 Å². The number of anilines is 1. The van der Waals surface area contributed by atoms with Crippen molar-refractivity contribution in [3.63, 3.8) is 0 Å². The number of hydrogen-bond acceptors (Lipinski definition) is 7. The molecule has 39 heavy (non-hydrogen) atoms. The van der Waals surface area contributed by atoms with E-state index in [0.29, 0.717) is 5.56 Å². The summed E-state index contributed by atoms with van der Waals surface area (Å²) in [4.78, 5) is 49.3. The number of ketones is 1. The molecule has 3 aliphatic heterocycles. The molecular weight excluding hydrogens is 498 g/mol. The second-order valence-electron chi connectivity index (χ2n) is 11.6. The Morgan fingerprint density at radius 3 is 2.41 bits per heavy atom. The number of ether oxygens (including phenoxy) is 1. The molecule has 208 valence electrons. The van der Waals surface area contributed by atoms with Crippen molar-refractivity contribution < 1.29 is 19.1 Å². The maximum atomic E-state index is 13.9. The van der Waals surface area contributed by atoms with Gasteiger partial charge < -0.3 is 19.9 Å². The first-order chi connectivity index (χ1) is 19.0. The minimum Gasteiger partial charge on any atom is -0.369 e. The predicted octanol–water partition coefficient (Wildman–Crippen LogP) is 2.51. The van der Waals surface area contributed by atoms with Gasteiger partial charge in [-0.2, -0.15) is 0 Å². The van der Waals surface area contributed by atoms with Crippen LogP contribution < -0.4 is 10.2 Å². The SMILES string of the molecule is [N-]=[N+]=N[C@@H]1CN(C(=O)[C@@H](NC(=O)c2ccc(N3CCN(C4CC4)CC3)cc2)C2CCCCC2)[C@@H]2C(=O)CO[C@@H]21. The fourth-order valence-corrected chi connectivity index (χ4v) is 6.89. The highest BCUT2D eigenvalue weighted by Crippen LogP contribution is 2.34. The number of carbonyl (C=O) groups excluding carboxylic acids is 3. The van der Waals surface area contributed by atoms with E-state index < -0.39 is 24.2 Å². The Labute approximate surface area is 228 Å². The van der Waals surface area contributed by atoms with Crippen LogP contribution in [0.4, 0.5) is 5.69 Å². The third-order valence-corrected chi connectivity index (χ3v) is 9.19. The van der Waals surface area contributed by atoms with Gasteiger partial charge in [-0.3, -0.25) is 19.3 Å². The molecule has 0 unspecified atom stereocenters. The average Bonchev–Trinajstić information content (AvgIpc) is 3.67. The van der Waals surface area contributed by atoms with Crippen molar-refractivity contribution in [1.29, 1.82) is 0 Å². The molecule has 1 N–H and O–H groups in total. The van der Waals surface area contributed by atoms with Crippen molar-refractivity contribution in [2.24, 2.45) is 11.0 Å². The zero-order chi connectivity index (χ0) is 26.9. The monoisotopic (exact) mass is 535 g/mol. The summed E-state index contributed by atoms with van der Waals surface area (Å²) >= 11 is 0. The number of piperazine rings is 1. The molecule has 0 spiro atoms. The summed E-state index contributed by atoms with van der Waals surface area (Å²) < 4.78 is 5.59. The van der Waals surface area contributed by atoms with Crippen LogP contribution in [-0.2, 0) is 14.3 Å². The van der Waals surface area contributed by atoms with Crippen LogP contribution in [0.25, 0.3) is 10.4 Å². The molecule has 4 atom stereocenters. The lowest BCUT2D eigenvalue weighted by atomic mass is 9.83. The lowest BCUT2D eigenvalue weighted by Crippen LogP contribution is -2.55.